The highest BCUT2D eigenvalue weighted by Gasteiger charge is 2.04. The highest BCUT2D eigenvalue weighted by atomic mass is 35.5. The van der Waals surface area contributed by atoms with E-state index in [1.807, 2.05) is 38.1 Å². The molecule has 0 aliphatic rings. The SMILES string of the molecule is Cc1cccc(NC(=O)N/N=C/c2ccc(Cl)s2)c1C. The standard InChI is InChI=1S/C14H14ClN3OS/c1-9-4-3-5-12(10(9)2)17-14(19)18-16-8-11-6-7-13(15)20-11/h3-8H,1-2H3,(H2,17,18,19)/b16-8+. The molecule has 6 heteroatoms. The molecule has 0 unspecified atom stereocenters. The van der Waals surface area contributed by atoms with Crippen molar-refractivity contribution in [1.29, 1.82) is 0 Å². The molecule has 0 aliphatic heterocycles. The number of halogens is 1. The Kier molecular flexibility index (Phi) is 4.76. The minimum Gasteiger partial charge on any atom is -0.306 e. The molecule has 1 aromatic heterocycles. The zero-order valence-electron chi connectivity index (χ0n) is 11.1. The first kappa shape index (κ1) is 14.6. The van der Waals surface area contributed by atoms with Crippen LogP contribution < -0.4 is 10.7 Å². The van der Waals surface area contributed by atoms with Gasteiger partial charge in [-0.3, -0.25) is 0 Å². The highest BCUT2D eigenvalue weighted by Crippen LogP contribution is 2.19. The molecule has 20 heavy (non-hydrogen) atoms. The fourth-order valence-electron chi connectivity index (χ4n) is 1.59. The third kappa shape index (κ3) is 3.82. The number of aryl methyl sites for hydroxylation is 1. The molecule has 1 heterocycles. The van der Waals surface area contributed by atoms with Crippen molar-refractivity contribution in [1.82, 2.24) is 5.43 Å². The molecule has 2 N–H and O–H groups in total. The second-order valence-electron chi connectivity index (χ2n) is 4.21. The Hall–Kier alpha value is -1.85. The fraction of sp³-hybridized carbons (Fsp3) is 0.143. The zero-order chi connectivity index (χ0) is 14.5. The molecule has 0 atom stereocenters. The second kappa shape index (κ2) is 6.54. The predicted octanol–water partition coefficient (Wildman–Crippen LogP) is 4.17. The lowest BCUT2D eigenvalue weighted by Crippen LogP contribution is -2.24. The lowest BCUT2D eigenvalue weighted by molar-refractivity contribution is 0.252. The third-order valence-electron chi connectivity index (χ3n) is 2.80. The number of benzene rings is 1. The lowest BCUT2D eigenvalue weighted by atomic mass is 10.1. The average Bonchev–Trinajstić information content (AvgIpc) is 2.81. The summed E-state index contributed by atoms with van der Waals surface area (Å²) in [6, 6.07) is 8.99. The monoisotopic (exact) mass is 307 g/mol. The number of rotatable bonds is 3. The van der Waals surface area contributed by atoms with Crippen LogP contribution >= 0.6 is 22.9 Å². The average molecular weight is 308 g/mol. The highest BCUT2D eigenvalue weighted by molar-refractivity contribution is 7.17. The maximum atomic E-state index is 11.7. The van der Waals surface area contributed by atoms with Crippen LogP contribution in [0.3, 0.4) is 0 Å². The molecule has 0 bridgehead atoms. The number of nitrogens with one attached hydrogen (secondary N) is 2. The van der Waals surface area contributed by atoms with Crippen LogP contribution in [0.2, 0.25) is 4.34 Å². The quantitative estimate of drug-likeness (QED) is 0.649. The Morgan fingerprint density at radius 1 is 1.30 bits per heavy atom. The van der Waals surface area contributed by atoms with Crippen LogP contribution in [0, 0.1) is 13.8 Å². The summed E-state index contributed by atoms with van der Waals surface area (Å²) >= 11 is 7.19. The van der Waals surface area contributed by atoms with Crippen molar-refractivity contribution >= 4 is 40.9 Å². The molecule has 2 aromatic rings. The van der Waals surface area contributed by atoms with E-state index in [-0.39, 0.29) is 6.03 Å². The summed E-state index contributed by atoms with van der Waals surface area (Å²) in [6.45, 7) is 3.96. The number of amides is 2. The zero-order valence-corrected chi connectivity index (χ0v) is 12.7. The van der Waals surface area contributed by atoms with E-state index < -0.39 is 0 Å². The smallest absolute Gasteiger partial charge is 0.306 e. The van der Waals surface area contributed by atoms with E-state index in [2.05, 4.69) is 15.8 Å². The third-order valence-corrected chi connectivity index (χ3v) is 3.97. The van der Waals surface area contributed by atoms with Crippen LogP contribution in [0.25, 0.3) is 0 Å². The summed E-state index contributed by atoms with van der Waals surface area (Å²) < 4.78 is 0.686. The molecular formula is C14H14ClN3OS. The number of hydrazone groups is 1. The van der Waals surface area contributed by atoms with Crippen LogP contribution in [0.4, 0.5) is 10.5 Å². The first-order valence-electron chi connectivity index (χ1n) is 5.98. The number of carbonyl (C=O) groups excluding carboxylic acids is 1. The number of carbonyl (C=O) groups is 1. The Morgan fingerprint density at radius 3 is 2.80 bits per heavy atom. The van der Waals surface area contributed by atoms with Gasteiger partial charge in [0.1, 0.15) is 0 Å². The molecule has 0 aliphatic carbocycles. The number of thiophene rings is 1. The van der Waals surface area contributed by atoms with E-state index in [1.165, 1.54) is 11.3 Å². The van der Waals surface area contributed by atoms with E-state index in [0.29, 0.717) is 4.34 Å². The van der Waals surface area contributed by atoms with Gasteiger partial charge in [0.25, 0.3) is 0 Å². The Morgan fingerprint density at radius 2 is 2.10 bits per heavy atom. The first-order chi connectivity index (χ1) is 9.56. The van der Waals surface area contributed by atoms with Crippen molar-refractivity contribution in [3.05, 3.63) is 50.7 Å². The van der Waals surface area contributed by atoms with Gasteiger partial charge < -0.3 is 5.32 Å². The summed E-state index contributed by atoms with van der Waals surface area (Å²) in [7, 11) is 0. The molecule has 4 nitrogen and oxygen atoms in total. The number of nitrogens with zero attached hydrogens (tertiary/aromatic N) is 1. The molecule has 0 saturated carbocycles. The van der Waals surface area contributed by atoms with Crippen molar-refractivity contribution in [3.8, 4) is 0 Å². The largest absolute Gasteiger partial charge is 0.339 e. The van der Waals surface area contributed by atoms with Crippen LogP contribution in [0.15, 0.2) is 35.4 Å². The van der Waals surface area contributed by atoms with Crippen LogP contribution in [-0.2, 0) is 0 Å². The Balaban J connectivity index is 1.93. The molecule has 0 saturated heterocycles. The second-order valence-corrected chi connectivity index (χ2v) is 5.96. The maximum absolute atomic E-state index is 11.7. The van der Waals surface area contributed by atoms with E-state index in [0.717, 1.165) is 21.7 Å². The fourth-order valence-corrected chi connectivity index (χ4v) is 2.52. The van der Waals surface area contributed by atoms with Gasteiger partial charge in [-0.1, -0.05) is 23.7 Å². The van der Waals surface area contributed by atoms with Gasteiger partial charge in [0.15, 0.2) is 0 Å². The minimum atomic E-state index is -0.377. The van der Waals surface area contributed by atoms with Crippen LogP contribution in [0.1, 0.15) is 16.0 Å². The molecule has 0 spiro atoms. The first-order valence-corrected chi connectivity index (χ1v) is 7.17. The number of urea groups is 1. The van der Waals surface area contributed by atoms with Gasteiger partial charge in [-0.2, -0.15) is 5.10 Å². The normalized spacial score (nSPS) is 10.8. The van der Waals surface area contributed by atoms with Crippen molar-refractivity contribution in [2.24, 2.45) is 5.10 Å². The number of hydrogen-bond acceptors (Lipinski definition) is 3. The molecule has 0 radical (unpaired) electrons. The van der Waals surface area contributed by atoms with Gasteiger partial charge in [0.2, 0.25) is 0 Å². The summed E-state index contributed by atoms with van der Waals surface area (Å²) in [5.41, 5.74) is 5.36. The summed E-state index contributed by atoms with van der Waals surface area (Å²) in [5.74, 6) is 0. The van der Waals surface area contributed by atoms with Gasteiger partial charge in [0, 0.05) is 10.6 Å². The van der Waals surface area contributed by atoms with Crippen molar-refractivity contribution < 1.29 is 4.79 Å². The number of anilines is 1. The maximum Gasteiger partial charge on any atom is 0.339 e. The molecule has 2 amide bonds. The number of hydrogen-bond donors (Lipinski definition) is 2. The minimum absolute atomic E-state index is 0.377. The van der Waals surface area contributed by atoms with Gasteiger partial charge >= 0.3 is 6.03 Å². The summed E-state index contributed by atoms with van der Waals surface area (Å²) in [5, 5.41) is 6.62. The van der Waals surface area contributed by atoms with Crippen molar-refractivity contribution in [2.75, 3.05) is 5.32 Å². The van der Waals surface area contributed by atoms with Crippen LogP contribution in [-0.4, -0.2) is 12.2 Å². The van der Waals surface area contributed by atoms with E-state index in [4.69, 9.17) is 11.6 Å². The molecule has 1 aromatic carbocycles. The Bertz CT molecular complexity index is 652. The summed E-state index contributed by atoms with van der Waals surface area (Å²) in [6.07, 6.45) is 1.55. The van der Waals surface area contributed by atoms with Gasteiger partial charge in [0.05, 0.1) is 10.6 Å². The lowest BCUT2D eigenvalue weighted by Gasteiger charge is -2.09. The predicted molar refractivity (Wildman–Crippen MR) is 85.0 cm³/mol. The van der Waals surface area contributed by atoms with Crippen molar-refractivity contribution in [3.63, 3.8) is 0 Å². The van der Waals surface area contributed by atoms with Gasteiger partial charge in [-0.15, -0.1) is 11.3 Å². The van der Waals surface area contributed by atoms with Gasteiger partial charge in [-0.25, -0.2) is 10.2 Å². The molecule has 2 rings (SSSR count). The van der Waals surface area contributed by atoms with E-state index in [9.17, 15) is 4.79 Å². The topological polar surface area (TPSA) is 53.5 Å². The molecule has 0 fully saturated rings. The van der Waals surface area contributed by atoms with Gasteiger partial charge in [-0.05, 0) is 43.2 Å². The Labute approximate surface area is 126 Å². The summed E-state index contributed by atoms with van der Waals surface area (Å²) in [4.78, 5) is 12.6. The van der Waals surface area contributed by atoms with Crippen LogP contribution in [0.5, 0.6) is 0 Å². The molecule has 104 valence electrons. The van der Waals surface area contributed by atoms with Crippen molar-refractivity contribution in [2.45, 2.75) is 13.8 Å². The molecular weight excluding hydrogens is 294 g/mol. The van der Waals surface area contributed by atoms with E-state index in [1.54, 1.807) is 12.3 Å². The van der Waals surface area contributed by atoms with E-state index >= 15 is 0 Å².